The van der Waals surface area contributed by atoms with Crippen LogP contribution in [-0.2, 0) is 28.4 Å². The maximum atomic E-state index is 13.9. The molecule has 0 spiro atoms. The summed E-state index contributed by atoms with van der Waals surface area (Å²) in [5, 5.41) is 19.2. The van der Waals surface area contributed by atoms with E-state index in [-0.39, 0.29) is 23.9 Å². The number of pyridine rings is 1. The van der Waals surface area contributed by atoms with Gasteiger partial charge in [-0.2, -0.15) is 9.40 Å². The van der Waals surface area contributed by atoms with Gasteiger partial charge < -0.3 is 14.6 Å². The van der Waals surface area contributed by atoms with Crippen LogP contribution in [-0.4, -0.2) is 62.7 Å². The predicted octanol–water partition coefficient (Wildman–Crippen LogP) is 3.76. The molecule has 1 saturated heterocycles. The third-order valence-corrected chi connectivity index (χ3v) is 10.1. The van der Waals surface area contributed by atoms with Crippen molar-refractivity contribution in [1.29, 1.82) is 0 Å². The Morgan fingerprint density at radius 2 is 1.98 bits per heavy atom. The highest BCUT2D eigenvalue weighted by Crippen LogP contribution is 2.37. The van der Waals surface area contributed by atoms with Crippen molar-refractivity contribution in [3.05, 3.63) is 76.7 Å². The Kier molecular flexibility index (Phi) is 6.58. The van der Waals surface area contributed by atoms with E-state index in [1.807, 2.05) is 55.8 Å². The number of carboxylic acid groups (broad SMARTS) is 1. The minimum Gasteiger partial charge on any atom is -0.481 e. The number of aliphatic carboxylic acids is 1. The molecule has 0 aliphatic carbocycles. The second kappa shape index (κ2) is 9.97. The number of nitrogens with zero attached hydrogens (tertiary/aromatic N) is 6. The largest absolute Gasteiger partial charge is 0.481 e. The number of anilines is 1. The van der Waals surface area contributed by atoms with Crippen LogP contribution in [0.5, 0.6) is 0 Å². The van der Waals surface area contributed by atoms with Crippen LogP contribution in [0.3, 0.4) is 0 Å². The zero-order valence-electron chi connectivity index (χ0n) is 22.8. The first-order valence-electron chi connectivity index (χ1n) is 13.5. The van der Waals surface area contributed by atoms with Gasteiger partial charge in [-0.25, -0.2) is 13.4 Å². The molecule has 0 radical (unpaired) electrons. The van der Waals surface area contributed by atoms with Crippen LogP contribution >= 0.6 is 0 Å². The third kappa shape index (κ3) is 4.52. The molecule has 40 heavy (non-hydrogen) atoms. The van der Waals surface area contributed by atoms with Crippen molar-refractivity contribution in [2.75, 3.05) is 18.0 Å². The summed E-state index contributed by atoms with van der Waals surface area (Å²) >= 11 is 0. The molecule has 0 amide bonds. The average Bonchev–Trinajstić information content (AvgIpc) is 3.49. The Bertz CT molecular complexity index is 1730. The summed E-state index contributed by atoms with van der Waals surface area (Å²) in [7, 11) is -1.92. The normalized spacial score (nSPS) is 19.3. The van der Waals surface area contributed by atoms with Crippen molar-refractivity contribution < 1.29 is 18.3 Å². The predicted molar refractivity (Wildman–Crippen MR) is 151 cm³/mol. The van der Waals surface area contributed by atoms with Crippen molar-refractivity contribution in [3.8, 4) is 0 Å². The highest BCUT2D eigenvalue weighted by molar-refractivity contribution is 7.89. The van der Waals surface area contributed by atoms with Crippen LogP contribution in [0.1, 0.15) is 53.3 Å². The molecule has 4 aromatic rings. The van der Waals surface area contributed by atoms with Gasteiger partial charge in [0.2, 0.25) is 10.0 Å². The molecule has 2 aliphatic heterocycles. The molecule has 1 fully saturated rings. The molecule has 1 aromatic carbocycles. The van der Waals surface area contributed by atoms with Gasteiger partial charge in [-0.3, -0.25) is 4.79 Å². The van der Waals surface area contributed by atoms with Crippen molar-refractivity contribution in [1.82, 2.24) is 24.1 Å². The Morgan fingerprint density at radius 3 is 2.77 bits per heavy atom. The summed E-state index contributed by atoms with van der Waals surface area (Å²) in [6, 6.07) is 13.1. The van der Waals surface area contributed by atoms with Gasteiger partial charge >= 0.3 is 5.97 Å². The number of rotatable bonds is 6. The van der Waals surface area contributed by atoms with Gasteiger partial charge in [0.1, 0.15) is 10.7 Å². The number of hydrogen-bond acceptors (Lipinski definition) is 7. The van der Waals surface area contributed by atoms with Gasteiger partial charge in [0.05, 0.1) is 12.1 Å². The van der Waals surface area contributed by atoms with Crippen LogP contribution in [0, 0.1) is 13.8 Å². The summed E-state index contributed by atoms with van der Waals surface area (Å²) < 4.78 is 31.2. The summed E-state index contributed by atoms with van der Waals surface area (Å²) in [6.45, 7) is 5.19. The summed E-state index contributed by atoms with van der Waals surface area (Å²) in [6.07, 6.45) is 3.44. The lowest BCUT2D eigenvalue weighted by Crippen LogP contribution is -2.39. The second-order valence-electron chi connectivity index (χ2n) is 10.8. The minimum atomic E-state index is -3.79. The summed E-state index contributed by atoms with van der Waals surface area (Å²) in [4.78, 5) is 18.8. The minimum absolute atomic E-state index is 0.0644. The number of hydrogen-bond donors (Lipinski definition) is 1. The quantitative estimate of drug-likeness (QED) is 0.378. The van der Waals surface area contributed by atoms with E-state index in [1.165, 1.54) is 0 Å². The van der Waals surface area contributed by atoms with E-state index in [9.17, 15) is 18.3 Å². The summed E-state index contributed by atoms with van der Waals surface area (Å²) in [5.41, 5.74) is 4.90. The van der Waals surface area contributed by atoms with Crippen molar-refractivity contribution >= 4 is 32.8 Å². The van der Waals surface area contributed by atoms with E-state index in [1.54, 1.807) is 22.6 Å². The summed E-state index contributed by atoms with van der Waals surface area (Å²) in [5.74, 6) is -0.832. The first-order chi connectivity index (χ1) is 19.1. The van der Waals surface area contributed by atoms with E-state index < -0.39 is 21.9 Å². The van der Waals surface area contributed by atoms with Gasteiger partial charge in [0.15, 0.2) is 5.65 Å². The van der Waals surface area contributed by atoms with Crippen LogP contribution in [0.15, 0.2) is 53.6 Å². The van der Waals surface area contributed by atoms with Gasteiger partial charge in [-0.1, -0.05) is 18.2 Å². The lowest BCUT2D eigenvalue weighted by Gasteiger charge is -2.26. The van der Waals surface area contributed by atoms with Gasteiger partial charge in [-0.15, -0.1) is 5.10 Å². The molecule has 10 nitrogen and oxygen atoms in total. The average molecular weight is 561 g/mol. The Balaban J connectivity index is 1.40. The number of carbonyl (C=O) groups is 1. The molecule has 208 valence electrons. The van der Waals surface area contributed by atoms with Crippen molar-refractivity contribution in [2.45, 2.75) is 56.5 Å². The second-order valence-corrected chi connectivity index (χ2v) is 12.7. The molecule has 0 bridgehead atoms. The topological polar surface area (TPSA) is 122 Å². The molecule has 2 atom stereocenters. The van der Waals surface area contributed by atoms with Crippen LogP contribution in [0.25, 0.3) is 11.0 Å². The fourth-order valence-electron chi connectivity index (χ4n) is 6.14. The molecule has 6 rings (SSSR count). The first kappa shape index (κ1) is 26.4. The van der Waals surface area contributed by atoms with E-state index in [0.29, 0.717) is 18.0 Å². The zero-order valence-corrected chi connectivity index (χ0v) is 23.6. The molecule has 1 N–H and O–H groups in total. The molecule has 11 heteroatoms. The van der Waals surface area contributed by atoms with Crippen LogP contribution in [0.2, 0.25) is 0 Å². The van der Waals surface area contributed by atoms with E-state index >= 15 is 0 Å². The van der Waals surface area contributed by atoms with E-state index in [4.69, 9.17) is 0 Å². The van der Waals surface area contributed by atoms with E-state index in [0.717, 1.165) is 52.9 Å². The van der Waals surface area contributed by atoms with Gasteiger partial charge in [0, 0.05) is 55.9 Å². The number of carboxylic acids is 1. The number of aromatic nitrogens is 4. The third-order valence-electron chi connectivity index (χ3n) is 8.22. The van der Waals surface area contributed by atoms with Crippen LogP contribution < -0.4 is 4.90 Å². The monoisotopic (exact) mass is 560 g/mol. The number of aryl methyl sites for hydroxylation is 3. The highest BCUT2D eigenvalue weighted by atomic mass is 32.2. The smallest absolute Gasteiger partial charge is 0.304 e. The fraction of sp³-hybridized carbons (Fsp3) is 0.379. The SMILES string of the molecule is Cc1cc2cc([C@@H](CC(=O)O)c3ccc(C)c(CN4C[C@@H]5CCCN5c5ncccc5S4(=O)=O)c3)n(C)c2nn1. The number of benzene rings is 1. The molecule has 3 aromatic heterocycles. The standard InChI is InChI=1S/C29H32N6O4S/c1-18-8-9-20(24(15-27(36)37)25-14-21-12-19(2)31-32-28(21)33(25)3)13-22(18)16-34-17-23-6-5-11-35(23)29-26(40(34,38)39)7-4-10-30-29/h4,7-10,12-14,23-24H,5-6,11,15-17H2,1-3H3,(H,36,37)/t23-,24-/m0/s1. The van der Waals surface area contributed by atoms with Crippen molar-refractivity contribution in [2.24, 2.45) is 7.05 Å². The molecular formula is C29H32N6O4S. The lowest BCUT2D eigenvalue weighted by atomic mass is 9.89. The number of sulfonamides is 1. The molecule has 2 aliphatic rings. The van der Waals surface area contributed by atoms with Crippen molar-refractivity contribution in [3.63, 3.8) is 0 Å². The van der Waals surface area contributed by atoms with Gasteiger partial charge in [-0.05, 0) is 67.6 Å². The first-order valence-corrected chi connectivity index (χ1v) is 14.9. The molecule has 0 unspecified atom stereocenters. The lowest BCUT2D eigenvalue weighted by molar-refractivity contribution is -0.137. The Labute approximate surface area is 233 Å². The van der Waals surface area contributed by atoms with Crippen LogP contribution in [0.4, 0.5) is 5.82 Å². The fourth-order valence-corrected chi connectivity index (χ4v) is 7.75. The zero-order chi connectivity index (χ0) is 28.2. The Hall–Kier alpha value is -3.83. The van der Waals surface area contributed by atoms with E-state index in [2.05, 4.69) is 20.1 Å². The maximum absolute atomic E-state index is 13.9. The number of fused-ring (bicyclic) bond motifs is 4. The molecule has 5 heterocycles. The molecular weight excluding hydrogens is 528 g/mol. The Morgan fingerprint density at radius 1 is 1.15 bits per heavy atom. The van der Waals surface area contributed by atoms with Gasteiger partial charge in [0.25, 0.3) is 0 Å². The highest BCUT2D eigenvalue weighted by Gasteiger charge is 2.40. The molecule has 0 saturated carbocycles. The maximum Gasteiger partial charge on any atom is 0.304 e.